The van der Waals surface area contributed by atoms with E-state index in [1.54, 1.807) is 10.4 Å². The van der Waals surface area contributed by atoms with Gasteiger partial charge < -0.3 is 0 Å². The van der Waals surface area contributed by atoms with Crippen LogP contribution in [0.15, 0.2) is 10.5 Å². The summed E-state index contributed by atoms with van der Waals surface area (Å²) in [4.78, 5) is 4.34. The van der Waals surface area contributed by atoms with Crippen LogP contribution in [-0.4, -0.2) is 6.54 Å². The largest absolute Gasteiger partial charge is 0.148 e. The van der Waals surface area contributed by atoms with Crippen LogP contribution >= 0.6 is 11.3 Å². The van der Waals surface area contributed by atoms with E-state index in [-0.39, 0.29) is 0 Å². The van der Waals surface area contributed by atoms with E-state index < -0.39 is 0 Å². The normalized spacial score (nSPS) is 14.6. The maximum absolute atomic E-state index is 8.19. The van der Waals surface area contributed by atoms with Gasteiger partial charge in [-0.05, 0) is 54.1 Å². The van der Waals surface area contributed by atoms with Crippen molar-refractivity contribution in [2.24, 2.45) is 5.11 Å². The van der Waals surface area contributed by atoms with E-state index in [0.717, 1.165) is 6.42 Å². The lowest BCUT2D eigenvalue weighted by Crippen LogP contribution is -2.01. The van der Waals surface area contributed by atoms with Gasteiger partial charge >= 0.3 is 0 Å². The molecule has 0 bridgehead atoms. The molecule has 1 aromatic rings. The van der Waals surface area contributed by atoms with Crippen molar-refractivity contribution >= 4 is 11.3 Å². The molecule has 3 nitrogen and oxygen atoms in total. The average molecular weight is 207 g/mol. The summed E-state index contributed by atoms with van der Waals surface area (Å²) in [5.74, 6) is 0. The van der Waals surface area contributed by atoms with E-state index in [0.29, 0.717) is 6.54 Å². The van der Waals surface area contributed by atoms with Gasteiger partial charge in [0.2, 0.25) is 0 Å². The fourth-order valence-electron chi connectivity index (χ4n) is 1.99. The molecule has 74 valence electrons. The molecule has 0 N–H and O–H groups in total. The van der Waals surface area contributed by atoms with Crippen molar-refractivity contribution in [3.8, 4) is 0 Å². The van der Waals surface area contributed by atoms with Gasteiger partial charge in [-0.3, -0.25) is 0 Å². The van der Waals surface area contributed by atoms with E-state index in [2.05, 4.69) is 15.4 Å². The zero-order valence-electron chi connectivity index (χ0n) is 8.07. The van der Waals surface area contributed by atoms with Crippen LogP contribution < -0.4 is 0 Å². The standard InChI is InChI=1S/C10H13N3S/c11-13-12-6-5-8-7-14-10-4-2-1-3-9(8)10/h7H,1-6H2. The van der Waals surface area contributed by atoms with Crippen molar-refractivity contribution in [3.05, 3.63) is 31.8 Å². The van der Waals surface area contributed by atoms with E-state index in [1.807, 2.05) is 11.3 Å². The first-order valence-electron chi connectivity index (χ1n) is 5.01. The zero-order valence-corrected chi connectivity index (χ0v) is 8.89. The van der Waals surface area contributed by atoms with Gasteiger partial charge in [0.15, 0.2) is 0 Å². The molecule has 0 radical (unpaired) electrons. The molecule has 1 aliphatic carbocycles. The summed E-state index contributed by atoms with van der Waals surface area (Å²) in [7, 11) is 0. The molecular formula is C10H13N3S. The summed E-state index contributed by atoms with van der Waals surface area (Å²) in [5, 5.41) is 5.82. The molecule has 0 spiro atoms. The molecule has 1 heterocycles. The molecule has 0 saturated carbocycles. The first-order chi connectivity index (χ1) is 6.92. The van der Waals surface area contributed by atoms with Gasteiger partial charge in [-0.1, -0.05) is 5.11 Å². The number of nitrogens with zero attached hydrogens (tertiary/aromatic N) is 3. The molecule has 0 aliphatic heterocycles. The molecule has 0 aromatic carbocycles. The Morgan fingerprint density at radius 2 is 2.29 bits per heavy atom. The fourth-order valence-corrected chi connectivity index (χ4v) is 3.17. The van der Waals surface area contributed by atoms with Crippen LogP contribution in [0, 0.1) is 0 Å². The number of rotatable bonds is 3. The minimum Gasteiger partial charge on any atom is -0.148 e. The molecule has 1 aromatic heterocycles. The molecule has 2 rings (SSSR count). The fraction of sp³-hybridized carbons (Fsp3) is 0.600. The van der Waals surface area contributed by atoms with Crippen LogP contribution in [0.3, 0.4) is 0 Å². The Bertz CT molecular complexity index is 363. The van der Waals surface area contributed by atoms with Crippen LogP contribution in [0.4, 0.5) is 0 Å². The molecule has 4 heteroatoms. The van der Waals surface area contributed by atoms with Crippen molar-refractivity contribution < 1.29 is 0 Å². The highest BCUT2D eigenvalue weighted by Crippen LogP contribution is 2.30. The maximum atomic E-state index is 8.19. The Labute approximate surface area is 87.4 Å². The smallest absolute Gasteiger partial charge is 0.0298 e. The zero-order chi connectivity index (χ0) is 9.80. The Morgan fingerprint density at radius 1 is 1.43 bits per heavy atom. The van der Waals surface area contributed by atoms with Crippen LogP contribution in [0.1, 0.15) is 28.8 Å². The number of azide groups is 1. The third kappa shape index (κ3) is 1.91. The van der Waals surface area contributed by atoms with Crippen molar-refractivity contribution in [1.29, 1.82) is 0 Å². The topological polar surface area (TPSA) is 48.8 Å². The Balaban J connectivity index is 2.10. The summed E-state index contributed by atoms with van der Waals surface area (Å²) in [6, 6.07) is 0. The van der Waals surface area contributed by atoms with Crippen molar-refractivity contribution in [2.75, 3.05) is 6.54 Å². The van der Waals surface area contributed by atoms with Crippen LogP contribution in [-0.2, 0) is 19.3 Å². The summed E-state index contributed by atoms with van der Waals surface area (Å²) < 4.78 is 0. The highest BCUT2D eigenvalue weighted by molar-refractivity contribution is 7.10. The summed E-state index contributed by atoms with van der Waals surface area (Å²) >= 11 is 1.88. The molecule has 14 heavy (non-hydrogen) atoms. The first-order valence-corrected chi connectivity index (χ1v) is 5.89. The minimum absolute atomic E-state index is 0.597. The average Bonchev–Trinajstić information content (AvgIpc) is 2.63. The molecule has 0 unspecified atom stereocenters. The predicted molar refractivity (Wildman–Crippen MR) is 58.7 cm³/mol. The molecule has 0 saturated heterocycles. The van der Waals surface area contributed by atoms with Gasteiger partial charge in [-0.2, -0.15) is 0 Å². The van der Waals surface area contributed by atoms with Crippen molar-refractivity contribution in [1.82, 2.24) is 0 Å². The second-order valence-electron chi connectivity index (χ2n) is 3.57. The van der Waals surface area contributed by atoms with Gasteiger partial charge in [0.25, 0.3) is 0 Å². The second kappa shape index (κ2) is 4.49. The summed E-state index contributed by atoms with van der Waals surface area (Å²) in [5.41, 5.74) is 11.2. The van der Waals surface area contributed by atoms with Gasteiger partial charge in [-0.25, -0.2) is 0 Å². The number of thiophene rings is 1. The Morgan fingerprint density at radius 3 is 3.14 bits per heavy atom. The highest BCUT2D eigenvalue weighted by atomic mass is 32.1. The quantitative estimate of drug-likeness (QED) is 0.414. The summed E-state index contributed by atoms with van der Waals surface area (Å²) in [6.07, 6.45) is 6.05. The van der Waals surface area contributed by atoms with Gasteiger partial charge in [0.1, 0.15) is 0 Å². The van der Waals surface area contributed by atoms with Crippen molar-refractivity contribution in [3.63, 3.8) is 0 Å². The highest BCUT2D eigenvalue weighted by Gasteiger charge is 2.14. The maximum Gasteiger partial charge on any atom is 0.0298 e. The van der Waals surface area contributed by atoms with E-state index in [1.165, 1.54) is 31.2 Å². The van der Waals surface area contributed by atoms with Gasteiger partial charge in [0.05, 0.1) is 0 Å². The number of hydrogen-bond acceptors (Lipinski definition) is 2. The molecule has 0 amide bonds. The second-order valence-corrected chi connectivity index (χ2v) is 4.54. The van der Waals surface area contributed by atoms with E-state index in [4.69, 9.17) is 5.53 Å². The van der Waals surface area contributed by atoms with Crippen molar-refractivity contribution in [2.45, 2.75) is 32.1 Å². The third-order valence-electron chi connectivity index (χ3n) is 2.69. The SMILES string of the molecule is [N-]=[N+]=NCCc1csc2c1CCCC2. The number of hydrogen-bond donors (Lipinski definition) is 0. The van der Waals surface area contributed by atoms with Crippen LogP contribution in [0.5, 0.6) is 0 Å². The molecular weight excluding hydrogens is 194 g/mol. The minimum atomic E-state index is 0.597. The van der Waals surface area contributed by atoms with Crippen LogP contribution in [0.25, 0.3) is 10.4 Å². The molecule has 0 fully saturated rings. The Hall–Kier alpha value is -0.990. The van der Waals surface area contributed by atoms with E-state index in [9.17, 15) is 0 Å². The van der Waals surface area contributed by atoms with E-state index >= 15 is 0 Å². The number of aryl methyl sites for hydroxylation is 1. The lowest BCUT2D eigenvalue weighted by atomic mass is 9.95. The Kier molecular flexibility index (Phi) is 3.07. The van der Waals surface area contributed by atoms with Gasteiger partial charge in [-0.15, -0.1) is 11.3 Å². The predicted octanol–water partition coefficient (Wildman–Crippen LogP) is 3.48. The summed E-state index contributed by atoms with van der Waals surface area (Å²) in [6.45, 7) is 0.597. The first kappa shape index (κ1) is 9.56. The lowest BCUT2D eigenvalue weighted by Gasteiger charge is -2.12. The lowest BCUT2D eigenvalue weighted by molar-refractivity contribution is 0.690. The number of fused-ring (bicyclic) bond motifs is 1. The molecule has 1 aliphatic rings. The third-order valence-corrected chi connectivity index (χ3v) is 3.83. The molecule has 0 atom stereocenters. The van der Waals surface area contributed by atoms with Crippen LogP contribution in [0.2, 0.25) is 0 Å². The van der Waals surface area contributed by atoms with Gasteiger partial charge in [0, 0.05) is 16.3 Å². The monoisotopic (exact) mass is 207 g/mol.